The first kappa shape index (κ1) is 25.2. The van der Waals surface area contributed by atoms with E-state index in [2.05, 4.69) is 46.7 Å². The molecule has 1 amide bonds. The first-order valence-electron chi connectivity index (χ1n) is 11.9. The number of nitrogens with zero attached hydrogens (tertiary/aromatic N) is 4. The van der Waals surface area contributed by atoms with Crippen LogP contribution < -0.4 is 14.9 Å². The Labute approximate surface area is 219 Å². The second-order valence-electron chi connectivity index (χ2n) is 8.55. The molecule has 12 heteroatoms. The molecule has 0 spiro atoms. The molecule has 194 valence electrons. The third-order valence-electron chi connectivity index (χ3n) is 5.84. The highest BCUT2D eigenvalue weighted by atomic mass is 32.2. The van der Waals surface area contributed by atoms with Gasteiger partial charge in [0.2, 0.25) is 10.0 Å². The topological polar surface area (TPSA) is 142 Å². The predicted molar refractivity (Wildman–Crippen MR) is 145 cm³/mol. The number of morpholine rings is 1. The Kier molecular flexibility index (Phi) is 7.21. The van der Waals surface area contributed by atoms with Crippen molar-refractivity contribution in [3.8, 4) is 23.1 Å². The van der Waals surface area contributed by atoms with Gasteiger partial charge in [-0.05, 0) is 48.7 Å². The van der Waals surface area contributed by atoms with Gasteiger partial charge in [-0.2, -0.15) is 0 Å². The molecule has 0 saturated carbocycles. The van der Waals surface area contributed by atoms with Crippen LogP contribution in [0.4, 0.5) is 17.2 Å². The molecule has 3 aromatic heterocycles. The number of H-pyrrole nitrogens is 1. The quantitative estimate of drug-likeness (QED) is 0.309. The third-order valence-corrected chi connectivity index (χ3v) is 7.07. The molecule has 1 fully saturated rings. The van der Waals surface area contributed by atoms with Crippen LogP contribution >= 0.6 is 0 Å². The smallest absolute Gasteiger partial charge is 0.300 e. The van der Waals surface area contributed by atoms with Gasteiger partial charge in [0, 0.05) is 24.5 Å². The standard InChI is InChI=1S/C26H25N7O4S/c1-2-3-24(34)30-20-8-9-21(27-15-20)16-38(35,36)32-19-6-4-18(5-7-19)23-14-22-25(31-23)28-17-29-26(22)33-10-12-37-13-11-33/h4-9,14-15,17,32H,10-13,16H2,1H3,(H,30,34)(H,28,29,31). The number of nitrogens with one attached hydrogen (secondary N) is 3. The summed E-state index contributed by atoms with van der Waals surface area (Å²) in [7, 11) is -3.71. The van der Waals surface area contributed by atoms with Crippen molar-refractivity contribution in [3.05, 3.63) is 60.7 Å². The van der Waals surface area contributed by atoms with E-state index < -0.39 is 15.9 Å². The van der Waals surface area contributed by atoms with Crippen molar-refractivity contribution in [1.82, 2.24) is 19.9 Å². The number of pyridine rings is 1. The number of aromatic nitrogens is 4. The molecule has 4 heterocycles. The molecule has 38 heavy (non-hydrogen) atoms. The number of benzene rings is 1. The van der Waals surface area contributed by atoms with E-state index in [4.69, 9.17) is 4.74 Å². The lowest BCUT2D eigenvalue weighted by Gasteiger charge is -2.27. The molecule has 3 N–H and O–H groups in total. The number of aromatic amines is 1. The maximum absolute atomic E-state index is 12.7. The van der Waals surface area contributed by atoms with Gasteiger partial charge in [-0.3, -0.25) is 14.5 Å². The zero-order valence-electron chi connectivity index (χ0n) is 20.6. The number of hydrogen-bond acceptors (Lipinski definition) is 8. The summed E-state index contributed by atoms with van der Waals surface area (Å²) >= 11 is 0. The average molecular weight is 532 g/mol. The van der Waals surface area contributed by atoms with Crippen molar-refractivity contribution in [3.63, 3.8) is 0 Å². The van der Waals surface area contributed by atoms with E-state index in [0.717, 1.165) is 41.2 Å². The summed E-state index contributed by atoms with van der Waals surface area (Å²) in [4.78, 5) is 30.0. The Morgan fingerprint density at radius 1 is 1.08 bits per heavy atom. The van der Waals surface area contributed by atoms with E-state index in [0.29, 0.717) is 30.3 Å². The lowest BCUT2D eigenvalue weighted by Crippen LogP contribution is -2.36. The molecule has 0 radical (unpaired) electrons. The average Bonchev–Trinajstić information content (AvgIpc) is 3.35. The molecule has 4 aromatic rings. The summed E-state index contributed by atoms with van der Waals surface area (Å²) in [6.45, 7) is 4.42. The normalized spacial score (nSPS) is 13.6. The second-order valence-corrected chi connectivity index (χ2v) is 10.3. The minimum absolute atomic E-state index is 0.317. The molecule has 0 atom stereocenters. The zero-order chi connectivity index (χ0) is 26.5. The molecule has 1 aromatic carbocycles. The molecular weight excluding hydrogens is 506 g/mol. The van der Waals surface area contributed by atoms with Gasteiger partial charge in [-0.1, -0.05) is 18.1 Å². The molecule has 0 aliphatic carbocycles. The van der Waals surface area contributed by atoms with Crippen LogP contribution in [0.25, 0.3) is 22.3 Å². The van der Waals surface area contributed by atoms with E-state index >= 15 is 0 Å². The molecule has 11 nitrogen and oxygen atoms in total. The Hall–Kier alpha value is -4.47. The Balaban J connectivity index is 1.26. The van der Waals surface area contributed by atoms with Crippen LogP contribution in [0.5, 0.6) is 0 Å². The number of fused-ring (bicyclic) bond motifs is 1. The summed E-state index contributed by atoms with van der Waals surface area (Å²) in [6.07, 6.45) is 2.94. The summed E-state index contributed by atoms with van der Waals surface area (Å²) in [5, 5.41) is 3.48. The molecule has 0 bridgehead atoms. The summed E-state index contributed by atoms with van der Waals surface area (Å²) in [6, 6.07) is 12.2. The van der Waals surface area contributed by atoms with Gasteiger partial charge in [-0.25, -0.2) is 18.4 Å². The number of rotatable bonds is 7. The van der Waals surface area contributed by atoms with E-state index in [-0.39, 0.29) is 5.75 Å². The third kappa shape index (κ3) is 5.91. The van der Waals surface area contributed by atoms with Gasteiger partial charge >= 0.3 is 0 Å². The van der Waals surface area contributed by atoms with Crippen molar-refractivity contribution in [1.29, 1.82) is 0 Å². The maximum Gasteiger partial charge on any atom is 0.300 e. The lowest BCUT2D eigenvalue weighted by atomic mass is 10.1. The van der Waals surface area contributed by atoms with Gasteiger partial charge in [0.25, 0.3) is 5.91 Å². The Morgan fingerprint density at radius 2 is 1.84 bits per heavy atom. The summed E-state index contributed by atoms with van der Waals surface area (Å²) in [5.74, 6) is 4.95. The van der Waals surface area contributed by atoms with Gasteiger partial charge in [0.15, 0.2) is 0 Å². The highest BCUT2D eigenvalue weighted by Gasteiger charge is 2.18. The molecule has 1 saturated heterocycles. The number of carbonyl (C=O) groups excluding carboxylic acids is 1. The van der Waals surface area contributed by atoms with E-state index in [1.54, 1.807) is 37.5 Å². The fourth-order valence-corrected chi connectivity index (χ4v) is 5.22. The van der Waals surface area contributed by atoms with Crippen molar-refractivity contribution >= 4 is 44.2 Å². The molecule has 1 aliphatic rings. The Bertz CT molecular complexity index is 1620. The van der Waals surface area contributed by atoms with Gasteiger partial charge in [0.05, 0.1) is 36.2 Å². The van der Waals surface area contributed by atoms with Crippen LogP contribution in [0, 0.1) is 11.8 Å². The minimum Gasteiger partial charge on any atom is -0.378 e. The van der Waals surface area contributed by atoms with Crippen LogP contribution in [0.2, 0.25) is 0 Å². The number of carbonyl (C=O) groups is 1. The van der Waals surface area contributed by atoms with Crippen molar-refractivity contribution < 1.29 is 17.9 Å². The number of amides is 1. The fourth-order valence-electron chi connectivity index (χ4n) is 4.10. The van der Waals surface area contributed by atoms with Crippen LogP contribution in [-0.2, 0) is 25.3 Å². The largest absolute Gasteiger partial charge is 0.378 e. The van der Waals surface area contributed by atoms with Crippen LogP contribution in [0.1, 0.15) is 12.6 Å². The van der Waals surface area contributed by atoms with E-state index in [1.165, 1.54) is 6.20 Å². The van der Waals surface area contributed by atoms with Crippen molar-refractivity contribution in [2.75, 3.05) is 41.2 Å². The van der Waals surface area contributed by atoms with Crippen LogP contribution in [0.3, 0.4) is 0 Å². The Morgan fingerprint density at radius 3 is 2.55 bits per heavy atom. The number of ether oxygens (including phenoxy) is 1. The summed E-state index contributed by atoms with van der Waals surface area (Å²) in [5.41, 5.74) is 3.67. The fraction of sp³-hybridized carbons (Fsp3) is 0.231. The number of hydrogen-bond donors (Lipinski definition) is 3. The predicted octanol–water partition coefficient (Wildman–Crippen LogP) is 2.76. The summed E-state index contributed by atoms with van der Waals surface area (Å²) < 4.78 is 33.4. The van der Waals surface area contributed by atoms with Gasteiger partial charge in [0.1, 0.15) is 23.5 Å². The van der Waals surface area contributed by atoms with Gasteiger partial charge < -0.3 is 19.9 Å². The molecule has 1 aliphatic heterocycles. The zero-order valence-corrected chi connectivity index (χ0v) is 21.4. The SMILES string of the molecule is CC#CC(=O)Nc1ccc(CS(=O)(=O)Nc2ccc(-c3cc4c(N5CCOCC5)ncnc4[nH]3)cc2)nc1. The monoisotopic (exact) mass is 531 g/mol. The van der Waals surface area contributed by atoms with E-state index in [9.17, 15) is 13.2 Å². The molecular formula is C26H25N7O4S. The number of anilines is 3. The first-order chi connectivity index (χ1) is 18.4. The van der Waals surface area contributed by atoms with E-state index in [1.807, 2.05) is 18.2 Å². The molecule has 0 unspecified atom stereocenters. The molecule has 5 rings (SSSR count). The first-order valence-corrected chi connectivity index (χ1v) is 13.5. The highest BCUT2D eigenvalue weighted by Crippen LogP contribution is 2.30. The minimum atomic E-state index is -3.71. The van der Waals surface area contributed by atoms with Crippen LogP contribution in [0.15, 0.2) is 55.0 Å². The second kappa shape index (κ2) is 10.9. The number of sulfonamides is 1. The van der Waals surface area contributed by atoms with Crippen LogP contribution in [-0.4, -0.2) is 60.6 Å². The highest BCUT2D eigenvalue weighted by molar-refractivity contribution is 7.91. The maximum atomic E-state index is 12.7. The van der Waals surface area contributed by atoms with Crippen molar-refractivity contribution in [2.24, 2.45) is 0 Å². The van der Waals surface area contributed by atoms with Gasteiger partial charge in [-0.15, -0.1) is 0 Å². The lowest BCUT2D eigenvalue weighted by molar-refractivity contribution is -0.111. The van der Waals surface area contributed by atoms with Crippen molar-refractivity contribution in [2.45, 2.75) is 12.7 Å².